The second-order valence-electron chi connectivity index (χ2n) is 0. The van der Waals surface area contributed by atoms with Crippen LogP contribution >= 0.6 is 27.6 Å². The van der Waals surface area contributed by atoms with Crippen molar-refractivity contribution in [2.75, 3.05) is 0 Å². The van der Waals surface area contributed by atoms with Gasteiger partial charge in [0.2, 0.25) is 0 Å². The molecule has 0 N–H and O–H groups in total. The molecule has 33 valence electrons. The Bertz CT molecular complexity index is 26.5. The average molecular weight is 224 g/mol. The fourth-order valence-corrected chi connectivity index (χ4v) is 0. The molecule has 0 aromatic rings. The Hall–Kier alpha value is 3.60. The van der Waals surface area contributed by atoms with E-state index in [4.69, 9.17) is 3.84 Å². The Morgan fingerprint density at radius 1 is 2.00 bits per heavy atom. The van der Waals surface area contributed by atoms with Gasteiger partial charge in [-0.15, -0.1) is 0 Å². The zero-order chi connectivity index (χ0) is 6.71. The van der Waals surface area contributed by atoms with Crippen LogP contribution in [0, 0.1) is 0 Å². The van der Waals surface area contributed by atoms with Crippen molar-refractivity contribution in [3.05, 3.63) is 0 Å². The molecular weight excluding hydrogens is 215 g/mol. The quantitative estimate of drug-likeness (QED) is 0.338. The van der Waals surface area contributed by atoms with Crippen molar-refractivity contribution in [3.63, 3.8) is 0 Å². The van der Waals surface area contributed by atoms with E-state index in [2.05, 4.69) is 21.7 Å². The van der Waals surface area contributed by atoms with Crippen LogP contribution in [0.15, 0.2) is 0 Å². The van der Waals surface area contributed by atoms with Crippen LogP contribution in [0.4, 0.5) is 0 Å². The van der Waals surface area contributed by atoms with Gasteiger partial charge in [0, 0.05) is 18.6 Å². The smallest absolute Gasteiger partial charge is 0.577 e. The summed E-state index contributed by atoms with van der Waals surface area (Å²) in [7, 11) is 4.14. The minimum Gasteiger partial charge on any atom is -0.577 e. The van der Waals surface area contributed by atoms with Gasteiger partial charge in [-0.3, -0.25) is 0 Å². The summed E-state index contributed by atoms with van der Waals surface area (Å²) in [6.45, 7) is 0. The van der Waals surface area contributed by atoms with Crippen LogP contribution < -0.4 is 51.4 Å². The summed E-state index contributed by atoms with van der Waals surface area (Å²) in [4.78, 5) is 0. The van der Waals surface area contributed by atoms with E-state index in [9.17, 15) is 0 Å². The first-order chi connectivity index (χ1) is 3.41. The van der Waals surface area contributed by atoms with Gasteiger partial charge in [0.05, 0.1) is 1.28 Å². The monoisotopic (exact) mass is 224 g/mol. The maximum absolute atomic E-state index is 6.00. The van der Waals surface area contributed by atoms with Crippen LogP contribution in [0.1, 0.15) is 0 Å². The van der Waals surface area contributed by atoms with Crippen molar-refractivity contribution in [2.24, 2.45) is 0 Å². The summed E-state index contributed by atoms with van der Waals surface area (Å²) < 4.78 is 17.2. The zero-order valence-electron chi connectivity index (χ0n) is 6.38. The first-order valence-electron chi connectivity index (χ1n) is 1.71. The summed E-state index contributed by atoms with van der Waals surface area (Å²) in [6, 6.07) is 0. The average Bonchev–Trinajstić information content (AvgIpc) is 1.78. The third-order valence-corrected chi connectivity index (χ3v) is 0. The van der Waals surface area contributed by atoms with Crippen LogP contribution in [-0.4, -0.2) is 3.84 Å². The fraction of sp³-hybridized carbons (Fsp3) is 0. The minimum atomic E-state index is 0. The van der Waals surface area contributed by atoms with Gasteiger partial charge in [-0.2, -0.15) is 9.84 Å². The molecule has 6 heavy (non-hydrogen) atoms. The molecule has 0 aromatic heterocycles. The molecule has 0 saturated carbocycles. The molecule has 0 aliphatic carbocycles. The van der Waals surface area contributed by atoms with Crippen LogP contribution in [0.2, 0.25) is 0 Å². The van der Waals surface area contributed by atoms with Gasteiger partial charge in [0.1, 0.15) is 1.28 Å². The first-order valence-corrected chi connectivity index (χ1v) is 1.64. The van der Waals surface area contributed by atoms with Gasteiger partial charge in [-0.05, 0) is 7.96 Å². The largest absolute Gasteiger partial charge is 1.00 e. The molecule has 0 fully saturated rings. The van der Waals surface area contributed by atoms with E-state index < -0.39 is 0 Å². The molecule has 0 rings (SSSR count). The van der Waals surface area contributed by atoms with E-state index >= 15 is 0 Å². The molecule has 1 radical (unpaired) electrons. The Balaban J connectivity index is -0.00000000825. The molecule has 1 atom stereocenters. The molecule has 0 saturated heterocycles. The van der Waals surface area contributed by atoms with Gasteiger partial charge in [-0.25, -0.2) is 1.28 Å². The van der Waals surface area contributed by atoms with E-state index in [1.165, 1.54) is 0 Å². The van der Waals surface area contributed by atoms with Crippen LogP contribution in [0.3, 0.4) is 0 Å². The summed E-state index contributed by atoms with van der Waals surface area (Å²) in [5, 5.41) is 0. The Labute approximate surface area is 111 Å². The number of hydrogen-bond donors (Lipinski definition) is 0. The van der Waals surface area contributed by atoms with E-state index in [0.717, 1.165) is 0 Å². The first kappa shape index (κ1) is 12.3. The molecular formula is H6KP3SV. The van der Waals surface area contributed by atoms with E-state index in [1.54, 1.807) is 9.84 Å². The summed E-state index contributed by atoms with van der Waals surface area (Å²) in [5.41, 5.74) is 0. The standard InChI is InChI=1S/K.HPS.H3P.H2P.V/c;1-2;;;/h;1H;1H3;1H2;/q+1;;;-1;/i;3*1D;. The molecule has 0 bridgehead atoms. The van der Waals surface area contributed by atoms with E-state index in [1.807, 2.05) is 0 Å². The van der Waals surface area contributed by atoms with E-state index in [-0.39, 0.29) is 77.9 Å². The van der Waals surface area contributed by atoms with Crippen LogP contribution in [0.5, 0.6) is 0 Å². The second kappa shape index (κ2) is 38.3. The van der Waals surface area contributed by atoms with Gasteiger partial charge < -0.3 is 9.84 Å². The zero-order valence-corrected chi connectivity index (χ0v) is 11.8. The molecule has 1 unspecified atom stereocenters. The molecule has 0 spiro atoms. The molecule has 6 heteroatoms. The van der Waals surface area contributed by atoms with Crippen molar-refractivity contribution in [1.82, 2.24) is 0 Å². The van der Waals surface area contributed by atoms with Gasteiger partial charge in [-0.1, -0.05) is 11.8 Å². The predicted octanol–water partition coefficient (Wildman–Crippen LogP) is -2.02. The third-order valence-electron chi connectivity index (χ3n) is 0. The van der Waals surface area contributed by atoms with E-state index in [0.29, 0.717) is 0 Å². The maximum atomic E-state index is 6.00. The molecule has 0 aliphatic heterocycles. The Morgan fingerprint density at radius 2 is 2.00 bits per heavy atom. The molecule has 0 heterocycles. The molecule has 0 nitrogen and oxygen atoms in total. The molecule has 0 aromatic carbocycles. The van der Waals surface area contributed by atoms with Gasteiger partial charge in [0.25, 0.3) is 0 Å². The number of hydrogen-bond acceptors (Lipinski definition) is 1. The maximum Gasteiger partial charge on any atom is 1.00 e. The van der Waals surface area contributed by atoms with Crippen molar-refractivity contribution < 1.29 is 69.9 Å². The summed E-state index contributed by atoms with van der Waals surface area (Å²) >= 11 is 4.03. The Morgan fingerprint density at radius 3 is 2.00 bits per heavy atom. The SMILES string of the molecule is [2H]P.[2H]P=S.[2H][PH-].[K+].[V]. The Kier molecular flexibility index (Phi) is 78.5. The normalized spacial score (nSPS) is 6.00. The minimum absolute atomic E-state index is 0. The summed E-state index contributed by atoms with van der Waals surface area (Å²) in [6.07, 6.45) is 0. The molecule has 0 amide bonds. The van der Waals surface area contributed by atoms with Gasteiger partial charge >= 0.3 is 51.4 Å². The van der Waals surface area contributed by atoms with Crippen molar-refractivity contribution in [1.29, 1.82) is 3.84 Å². The fourth-order valence-electron chi connectivity index (χ4n) is 0. The summed E-state index contributed by atoms with van der Waals surface area (Å²) in [5.74, 6) is 0. The third kappa shape index (κ3) is 25.5. The number of rotatable bonds is 0. The van der Waals surface area contributed by atoms with Crippen molar-refractivity contribution in [3.8, 4) is 0 Å². The van der Waals surface area contributed by atoms with Gasteiger partial charge in [0.15, 0.2) is 0 Å². The second-order valence-corrected chi connectivity index (χ2v) is 0. The van der Waals surface area contributed by atoms with Crippen LogP contribution in [-0.2, 0) is 30.4 Å². The topological polar surface area (TPSA) is 0 Å². The van der Waals surface area contributed by atoms with Crippen molar-refractivity contribution in [2.45, 2.75) is 0 Å². The predicted molar refractivity (Wildman–Crippen MR) is 36.5 cm³/mol. The van der Waals surface area contributed by atoms with Crippen molar-refractivity contribution >= 4 is 39.5 Å². The van der Waals surface area contributed by atoms with Crippen LogP contribution in [0.25, 0.3) is 0 Å². The molecule has 0 aliphatic rings.